The van der Waals surface area contributed by atoms with E-state index in [9.17, 15) is 0 Å². The molecule has 36 heavy (non-hydrogen) atoms. The quantitative estimate of drug-likeness (QED) is 0.285. The predicted octanol–water partition coefficient (Wildman–Crippen LogP) is 10.0. The third-order valence-corrected chi connectivity index (χ3v) is 9.66. The molecule has 0 amide bonds. The molecule has 0 aromatic heterocycles. The normalized spacial score (nSPS) is 17.0. The van der Waals surface area contributed by atoms with Crippen LogP contribution in [0.4, 0.5) is 17.1 Å². The molecule has 5 rings (SSSR count). The maximum Gasteiger partial charge on any atom is 0.0490 e. The lowest BCUT2D eigenvalue weighted by Gasteiger charge is -2.44. The summed E-state index contributed by atoms with van der Waals surface area (Å²) in [7, 11) is 0. The number of fused-ring (bicyclic) bond motifs is 1. The average molecular weight is 474 g/mol. The Morgan fingerprint density at radius 3 is 1.50 bits per heavy atom. The second kappa shape index (κ2) is 8.37. The van der Waals surface area contributed by atoms with Gasteiger partial charge in [-0.15, -0.1) is 0 Å². The summed E-state index contributed by atoms with van der Waals surface area (Å²) in [6.45, 7) is 18.8. The summed E-state index contributed by atoms with van der Waals surface area (Å²) in [5.74, 6) is 0. The minimum absolute atomic E-state index is 0.105. The third-order valence-electron chi connectivity index (χ3n) is 9.66. The van der Waals surface area contributed by atoms with Crippen LogP contribution < -0.4 is 4.90 Å². The second-order valence-corrected chi connectivity index (χ2v) is 12.1. The maximum absolute atomic E-state index is 2.45. The van der Waals surface area contributed by atoms with Gasteiger partial charge in [0.05, 0.1) is 0 Å². The van der Waals surface area contributed by atoms with Crippen molar-refractivity contribution < 1.29 is 0 Å². The van der Waals surface area contributed by atoms with Crippen molar-refractivity contribution in [3.8, 4) is 11.1 Å². The highest BCUT2D eigenvalue weighted by Crippen LogP contribution is 2.61. The highest BCUT2D eigenvalue weighted by molar-refractivity contribution is 5.81. The van der Waals surface area contributed by atoms with Gasteiger partial charge in [-0.3, -0.25) is 0 Å². The van der Waals surface area contributed by atoms with Gasteiger partial charge in [-0.2, -0.15) is 0 Å². The van der Waals surface area contributed by atoms with Crippen molar-refractivity contribution in [1.82, 2.24) is 0 Å². The number of nitrogens with zero attached hydrogens (tertiary/aromatic N) is 1. The molecule has 0 saturated heterocycles. The van der Waals surface area contributed by atoms with Crippen molar-refractivity contribution in [2.75, 3.05) is 4.90 Å². The number of anilines is 3. The van der Waals surface area contributed by atoms with Gasteiger partial charge in [0, 0.05) is 17.1 Å². The minimum Gasteiger partial charge on any atom is -0.310 e. The van der Waals surface area contributed by atoms with E-state index in [-0.39, 0.29) is 16.2 Å². The Hall–Kier alpha value is -3.32. The van der Waals surface area contributed by atoms with Crippen LogP contribution in [0.25, 0.3) is 11.1 Å². The largest absolute Gasteiger partial charge is 0.310 e. The number of aryl methyl sites for hydroxylation is 2. The Balaban J connectivity index is 1.58. The Morgan fingerprint density at radius 1 is 0.500 bits per heavy atom. The van der Waals surface area contributed by atoms with E-state index in [1.54, 1.807) is 0 Å². The standard InChI is InChI=1S/C35H39N/c1-24-13-9-11-15-31(24)36(32-16-12-10-14-25(32)2)28-20-17-26(18-21-28)27-19-22-29-30(23-27)34(5,6)35(7,8)33(29,3)4/h9-23H,1-8H3. The van der Waals surface area contributed by atoms with Crippen LogP contribution in [0.15, 0.2) is 91.0 Å². The smallest absolute Gasteiger partial charge is 0.0490 e. The third kappa shape index (κ3) is 3.52. The van der Waals surface area contributed by atoms with Crippen LogP contribution in [-0.4, -0.2) is 0 Å². The van der Waals surface area contributed by atoms with Crippen LogP contribution in [0.2, 0.25) is 0 Å². The highest BCUT2D eigenvalue weighted by Gasteiger charge is 2.56. The first-order valence-electron chi connectivity index (χ1n) is 13.1. The van der Waals surface area contributed by atoms with Crippen molar-refractivity contribution in [2.45, 2.75) is 66.2 Å². The molecule has 0 bridgehead atoms. The molecule has 0 N–H and O–H groups in total. The molecule has 1 aliphatic rings. The van der Waals surface area contributed by atoms with Crippen molar-refractivity contribution in [3.05, 3.63) is 113 Å². The van der Waals surface area contributed by atoms with Crippen molar-refractivity contribution in [3.63, 3.8) is 0 Å². The average Bonchev–Trinajstić information content (AvgIpc) is 2.96. The van der Waals surface area contributed by atoms with Gasteiger partial charge < -0.3 is 4.90 Å². The zero-order valence-corrected chi connectivity index (χ0v) is 23.1. The molecule has 0 fully saturated rings. The molecule has 0 aliphatic heterocycles. The van der Waals surface area contributed by atoms with Crippen LogP contribution >= 0.6 is 0 Å². The van der Waals surface area contributed by atoms with E-state index in [2.05, 4.69) is 151 Å². The predicted molar refractivity (Wildman–Crippen MR) is 156 cm³/mol. The fourth-order valence-electron chi connectivity index (χ4n) is 6.08. The number of para-hydroxylation sites is 2. The lowest BCUT2D eigenvalue weighted by Crippen LogP contribution is -2.42. The molecule has 0 heterocycles. The molecule has 0 spiro atoms. The molecule has 0 radical (unpaired) electrons. The molecule has 184 valence electrons. The van der Waals surface area contributed by atoms with E-state index in [0.29, 0.717) is 0 Å². The molecule has 4 aromatic rings. The Bertz CT molecular complexity index is 1370. The van der Waals surface area contributed by atoms with Gasteiger partial charge >= 0.3 is 0 Å². The van der Waals surface area contributed by atoms with Crippen LogP contribution in [0.3, 0.4) is 0 Å². The fourth-order valence-corrected chi connectivity index (χ4v) is 6.08. The first kappa shape index (κ1) is 24.4. The van der Waals surface area contributed by atoms with Gasteiger partial charge in [0.2, 0.25) is 0 Å². The molecular formula is C35H39N. The summed E-state index contributed by atoms with van der Waals surface area (Å²) in [6, 6.07) is 33.5. The monoisotopic (exact) mass is 473 g/mol. The summed E-state index contributed by atoms with van der Waals surface area (Å²) in [5, 5.41) is 0. The summed E-state index contributed by atoms with van der Waals surface area (Å²) in [5.41, 5.74) is 12.1. The first-order chi connectivity index (χ1) is 17.0. The van der Waals surface area contributed by atoms with Crippen LogP contribution in [0, 0.1) is 19.3 Å². The number of benzene rings is 4. The van der Waals surface area contributed by atoms with E-state index >= 15 is 0 Å². The molecular weight excluding hydrogens is 434 g/mol. The summed E-state index contributed by atoms with van der Waals surface area (Å²) >= 11 is 0. The summed E-state index contributed by atoms with van der Waals surface area (Å²) in [6.07, 6.45) is 0. The molecule has 0 atom stereocenters. The van der Waals surface area contributed by atoms with E-state index in [1.807, 2.05) is 0 Å². The maximum atomic E-state index is 2.45. The van der Waals surface area contributed by atoms with Crippen molar-refractivity contribution in [2.24, 2.45) is 5.41 Å². The minimum atomic E-state index is 0.105. The van der Waals surface area contributed by atoms with Gasteiger partial charge in [-0.1, -0.05) is 108 Å². The van der Waals surface area contributed by atoms with Crippen molar-refractivity contribution >= 4 is 17.1 Å². The molecule has 4 aromatic carbocycles. The lowest BCUT2D eigenvalue weighted by molar-refractivity contribution is 0.125. The van der Waals surface area contributed by atoms with Gasteiger partial charge in [0.25, 0.3) is 0 Å². The van der Waals surface area contributed by atoms with Crippen LogP contribution in [-0.2, 0) is 10.8 Å². The molecule has 1 nitrogen and oxygen atoms in total. The SMILES string of the molecule is Cc1ccccc1N(c1ccc(-c2ccc3c(c2)C(C)(C)C(C)(C)C3(C)C)cc1)c1ccccc1C. The van der Waals surface area contributed by atoms with E-state index in [4.69, 9.17) is 0 Å². The molecule has 1 heteroatoms. The Labute approximate surface area is 217 Å². The van der Waals surface area contributed by atoms with Crippen LogP contribution in [0.1, 0.15) is 63.8 Å². The van der Waals surface area contributed by atoms with Gasteiger partial charge in [0.1, 0.15) is 0 Å². The van der Waals surface area contributed by atoms with E-state index < -0.39 is 0 Å². The molecule has 1 aliphatic carbocycles. The topological polar surface area (TPSA) is 3.24 Å². The van der Waals surface area contributed by atoms with Gasteiger partial charge in [-0.25, -0.2) is 0 Å². The number of hydrogen-bond donors (Lipinski definition) is 0. The zero-order valence-electron chi connectivity index (χ0n) is 23.1. The zero-order chi connectivity index (χ0) is 25.9. The van der Waals surface area contributed by atoms with Gasteiger partial charge in [0.15, 0.2) is 0 Å². The van der Waals surface area contributed by atoms with E-state index in [1.165, 1.54) is 50.4 Å². The fraction of sp³-hybridized carbons (Fsp3) is 0.314. The van der Waals surface area contributed by atoms with E-state index in [0.717, 1.165) is 0 Å². The number of hydrogen-bond acceptors (Lipinski definition) is 1. The van der Waals surface area contributed by atoms with Crippen LogP contribution in [0.5, 0.6) is 0 Å². The highest BCUT2D eigenvalue weighted by atomic mass is 15.1. The first-order valence-corrected chi connectivity index (χ1v) is 13.1. The Kier molecular flexibility index (Phi) is 5.67. The molecule has 0 saturated carbocycles. The molecule has 0 unspecified atom stereocenters. The lowest BCUT2D eigenvalue weighted by atomic mass is 9.59. The summed E-state index contributed by atoms with van der Waals surface area (Å²) < 4.78 is 0. The second-order valence-electron chi connectivity index (χ2n) is 12.1. The number of rotatable bonds is 4. The Morgan fingerprint density at radius 2 is 0.972 bits per heavy atom. The van der Waals surface area contributed by atoms with Crippen molar-refractivity contribution in [1.29, 1.82) is 0 Å². The van der Waals surface area contributed by atoms with Gasteiger partial charge in [-0.05, 0) is 87.7 Å². The summed E-state index contributed by atoms with van der Waals surface area (Å²) in [4.78, 5) is 2.38.